The van der Waals surface area contributed by atoms with E-state index in [1.807, 2.05) is 0 Å². The first-order valence-electron chi connectivity index (χ1n) is 7.25. The van der Waals surface area contributed by atoms with Crippen molar-refractivity contribution < 1.29 is 27.4 Å². The maximum Gasteiger partial charge on any atom is 0.573 e. The van der Waals surface area contributed by atoms with Crippen LogP contribution in [0.4, 0.5) is 13.2 Å². The molecule has 0 spiro atoms. The Balaban J connectivity index is 1.90. The zero-order valence-corrected chi connectivity index (χ0v) is 13.9. The van der Waals surface area contributed by atoms with Crippen molar-refractivity contribution in [1.82, 2.24) is 5.32 Å². The molecule has 8 heteroatoms. The third kappa shape index (κ3) is 5.86. The minimum absolute atomic E-state index is 0.288. The maximum atomic E-state index is 12.2. The highest BCUT2D eigenvalue weighted by Gasteiger charge is 2.30. The molecule has 0 unspecified atom stereocenters. The molecule has 0 aliphatic rings. The molecule has 2 aromatic carbocycles. The highest BCUT2D eigenvalue weighted by Crippen LogP contribution is 2.23. The maximum absolute atomic E-state index is 12.2. The molecule has 0 radical (unpaired) electrons. The first-order valence-corrected chi connectivity index (χ1v) is 7.63. The van der Waals surface area contributed by atoms with Gasteiger partial charge in [-0.1, -0.05) is 23.7 Å². The van der Waals surface area contributed by atoms with E-state index in [0.717, 1.165) is 5.56 Å². The van der Waals surface area contributed by atoms with Crippen LogP contribution >= 0.6 is 11.6 Å². The van der Waals surface area contributed by atoms with Crippen molar-refractivity contribution in [3.63, 3.8) is 0 Å². The molecule has 25 heavy (non-hydrogen) atoms. The lowest BCUT2D eigenvalue weighted by molar-refractivity contribution is -0.274. The minimum atomic E-state index is -4.72. The molecule has 0 saturated carbocycles. The highest BCUT2D eigenvalue weighted by atomic mass is 35.5. The van der Waals surface area contributed by atoms with Gasteiger partial charge in [-0.15, -0.1) is 13.2 Å². The monoisotopic (exact) mass is 373 g/mol. The lowest BCUT2D eigenvalue weighted by Crippen LogP contribution is -2.26. The van der Waals surface area contributed by atoms with Gasteiger partial charge in [0.25, 0.3) is 5.91 Å². The van der Waals surface area contributed by atoms with Crippen LogP contribution in [0.25, 0.3) is 0 Å². The Morgan fingerprint density at radius 2 is 1.84 bits per heavy atom. The van der Waals surface area contributed by atoms with Gasteiger partial charge in [0, 0.05) is 11.6 Å². The SMILES string of the molecule is COc1ccc(Cl)cc1C(=O)NCCc1ccc(OC(F)(F)F)cc1. The second kappa shape index (κ2) is 8.11. The molecule has 0 fully saturated rings. The number of carbonyl (C=O) groups excluding carboxylic acids is 1. The fourth-order valence-corrected chi connectivity index (χ4v) is 2.30. The molecule has 134 valence electrons. The molecule has 2 rings (SSSR count). The smallest absolute Gasteiger partial charge is 0.496 e. The van der Waals surface area contributed by atoms with Crippen molar-refractivity contribution in [3.05, 3.63) is 58.6 Å². The summed E-state index contributed by atoms with van der Waals surface area (Å²) in [5, 5.41) is 3.12. The Labute approximate surface area is 147 Å². The average Bonchev–Trinajstić information content (AvgIpc) is 2.55. The van der Waals surface area contributed by atoms with E-state index in [1.54, 1.807) is 12.1 Å². The fraction of sp³-hybridized carbons (Fsp3) is 0.235. The standard InChI is InChI=1S/C17H15ClF3NO3/c1-24-15-7-4-12(18)10-14(15)16(23)22-9-8-11-2-5-13(6-3-11)25-17(19,20)21/h2-7,10H,8-9H2,1H3,(H,22,23). The van der Waals surface area contributed by atoms with E-state index in [1.165, 1.54) is 37.4 Å². The summed E-state index contributed by atoms with van der Waals surface area (Å²) >= 11 is 5.88. The summed E-state index contributed by atoms with van der Waals surface area (Å²) in [6.07, 6.45) is -4.27. The molecule has 0 aliphatic carbocycles. The van der Waals surface area contributed by atoms with Crippen molar-refractivity contribution in [2.24, 2.45) is 0 Å². The zero-order valence-electron chi connectivity index (χ0n) is 13.2. The molecule has 1 amide bonds. The first kappa shape index (κ1) is 18.9. The minimum Gasteiger partial charge on any atom is -0.496 e. The topological polar surface area (TPSA) is 47.6 Å². The number of carbonyl (C=O) groups is 1. The number of hydrogen-bond acceptors (Lipinski definition) is 3. The van der Waals surface area contributed by atoms with Crippen LogP contribution in [0.2, 0.25) is 5.02 Å². The lowest BCUT2D eigenvalue weighted by Gasteiger charge is -2.11. The third-order valence-electron chi connectivity index (χ3n) is 3.26. The first-order chi connectivity index (χ1) is 11.8. The summed E-state index contributed by atoms with van der Waals surface area (Å²) in [5.41, 5.74) is 1.07. The van der Waals surface area contributed by atoms with Gasteiger partial charge in [-0.3, -0.25) is 4.79 Å². The molecule has 1 N–H and O–H groups in total. The van der Waals surface area contributed by atoms with E-state index in [-0.39, 0.29) is 11.7 Å². The number of alkyl halides is 3. The average molecular weight is 374 g/mol. The number of hydrogen-bond donors (Lipinski definition) is 1. The van der Waals surface area contributed by atoms with Crippen LogP contribution in [0.5, 0.6) is 11.5 Å². The van der Waals surface area contributed by atoms with Crippen molar-refractivity contribution in [2.45, 2.75) is 12.8 Å². The molecular formula is C17H15ClF3NO3. The van der Waals surface area contributed by atoms with Crippen LogP contribution < -0.4 is 14.8 Å². The molecule has 0 aromatic heterocycles. The number of methoxy groups -OCH3 is 1. The predicted molar refractivity (Wildman–Crippen MR) is 87.2 cm³/mol. The Hall–Kier alpha value is -2.41. The van der Waals surface area contributed by atoms with Crippen LogP contribution in [-0.2, 0) is 6.42 Å². The van der Waals surface area contributed by atoms with Crippen LogP contribution in [-0.4, -0.2) is 25.9 Å². The molecule has 0 heterocycles. The van der Waals surface area contributed by atoms with E-state index in [0.29, 0.717) is 29.3 Å². The number of amides is 1. The van der Waals surface area contributed by atoms with Crippen molar-refractivity contribution in [1.29, 1.82) is 0 Å². The van der Waals surface area contributed by atoms with Gasteiger partial charge >= 0.3 is 6.36 Å². The van der Waals surface area contributed by atoms with Crippen LogP contribution in [0.1, 0.15) is 15.9 Å². The van der Waals surface area contributed by atoms with Gasteiger partial charge in [-0.2, -0.15) is 0 Å². The Kier molecular flexibility index (Phi) is 6.14. The predicted octanol–water partition coefficient (Wildman–Crippen LogP) is 4.22. The van der Waals surface area contributed by atoms with Gasteiger partial charge in [0.1, 0.15) is 11.5 Å². The summed E-state index contributed by atoms with van der Waals surface area (Å²) < 4.78 is 45.2. The molecule has 0 atom stereocenters. The molecule has 4 nitrogen and oxygen atoms in total. The van der Waals surface area contributed by atoms with Gasteiger partial charge in [-0.25, -0.2) is 0 Å². The quantitative estimate of drug-likeness (QED) is 0.824. The molecule has 0 saturated heterocycles. The van der Waals surface area contributed by atoms with E-state index in [9.17, 15) is 18.0 Å². The summed E-state index contributed by atoms with van der Waals surface area (Å²) in [7, 11) is 1.45. The molecular weight excluding hydrogens is 359 g/mol. The molecule has 0 bridgehead atoms. The second-order valence-electron chi connectivity index (χ2n) is 5.04. The number of ether oxygens (including phenoxy) is 2. The Bertz CT molecular complexity index is 733. The number of rotatable bonds is 6. The Morgan fingerprint density at radius 1 is 1.16 bits per heavy atom. The van der Waals surface area contributed by atoms with Crippen molar-refractivity contribution in [2.75, 3.05) is 13.7 Å². The van der Waals surface area contributed by atoms with Crippen molar-refractivity contribution in [3.8, 4) is 11.5 Å². The largest absolute Gasteiger partial charge is 0.573 e. The summed E-state index contributed by atoms with van der Waals surface area (Å²) in [5.74, 6) is -0.240. The second-order valence-corrected chi connectivity index (χ2v) is 5.48. The van der Waals surface area contributed by atoms with Crippen LogP contribution in [0, 0.1) is 0 Å². The summed E-state index contributed by atoms with van der Waals surface area (Å²) in [6, 6.07) is 10.2. The lowest BCUT2D eigenvalue weighted by atomic mass is 10.1. The van der Waals surface area contributed by atoms with E-state index >= 15 is 0 Å². The summed E-state index contributed by atoms with van der Waals surface area (Å²) in [4.78, 5) is 12.2. The van der Waals surface area contributed by atoms with Gasteiger partial charge in [-0.05, 0) is 42.3 Å². The number of benzene rings is 2. The Morgan fingerprint density at radius 3 is 2.44 bits per heavy atom. The van der Waals surface area contributed by atoms with E-state index < -0.39 is 6.36 Å². The summed E-state index contributed by atoms with van der Waals surface area (Å²) in [6.45, 7) is 0.300. The third-order valence-corrected chi connectivity index (χ3v) is 3.50. The number of nitrogens with one attached hydrogen (secondary N) is 1. The van der Waals surface area contributed by atoms with E-state index in [4.69, 9.17) is 16.3 Å². The number of halogens is 4. The van der Waals surface area contributed by atoms with Gasteiger partial charge in [0.15, 0.2) is 0 Å². The normalized spacial score (nSPS) is 11.1. The van der Waals surface area contributed by atoms with E-state index in [2.05, 4.69) is 10.1 Å². The van der Waals surface area contributed by atoms with Crippen LogP contribution in [0.15, 0.2) is 42.5 Å². The fourth-order valence-electron chi connectivity index (χ4n) is 2.13. The van der Waals surface area contributed by atoms with Gasteiger partial charge in [0.2, 0.25) is 0 Å². The highest BCUT2D eigenvalue weighted by molar-refractivity contribution is 6.31. The van der Waals surface area contributed by atoms with Gasteiger partial charge in [0.05, 0.1) is 12.7 Å². The molecule has 2 aromatic rings. The zero-order chi connectivity index (χ0) is 18.4. The van der Waals surface area contributed by atoms with Crippen LogP contribution in [0.3, 0.4) is 0 Å². The van der Waals surface area contributed by atoms with Crippen molar-refractivity contribution >= 4 is 17.5 Å². The van der Waals surface area contributed by atoms with Gasteiger partial charge < -0.3 is 14.8 Å². The molecule has 0 aliphatic heterocycles.